The van der Waals surface area contributed by atoms with Gasteiger partial charge in [-0.15, -0.1) is 0 Å². The summed E-state index contributed by atoms with van der Waals surface area (Å²) < 4.78 is 0.777. The Hall–Kier alpha value is -2.32. The molecule has 0 aliphatic rings. The van der Waals surface area contributed by atoms with Gasteiger partial charge in [-0.25, -0.2) is 4.79 Å². The summed E-state index contributed by atoms with van der Waals surface area (Å²) in [6.45, 7) is 0. The Bertz CT molecular complexity index is 707. The number of aromatic carboxylic acids is 1. The highest BCUT2D eigenvalue weighted by Crippen LogP contribution is 2.31. The smallest absolute Gasteiger partial charge is 0.337 e. The summed E-state index contributed by atoms with van der Waals surface area (Å²) >= 11 is 3.34. The van der Waals surface area contributed by atoms with Gasteiger partial charge in [0, 0.05) is 11.5 Å². The van der Waals surface area contributed by atoms with Crippen LogP contribution < -0.4 is 4.90 Å². The maximum atomic E-state index is 11.3. The molecule has 0 bridgehead atoms. The highest BCUT2D eigenvalue weighted by molar-refractivity contribution is 9.10. The van der Waals surface area contributed by atoms with Gasteiger partial charge >= 0.3 is 5.97 Å². The fraction of sp³-hybridized carbons (Fsp3) is 0.0667. The van der Waals surface area contributed by atoms with Gasteiger partial charge in [-0.1, -0.05) is 28.1 Å². The van der Waals surface area contributed by atoms with Gasteiger partial charge in [-0.05, 0) is 30.3 Å². The molecule has 1 N–H and O–H groups in total. The highest BCUT2D eigenvalue weighted by atomic mass is 79.9. The van der Waals surface area contributed by atoms with Gasteiger partial charge in [0.15, 0.2) is 0 Å². The van der Waals surface area contributed by atoms with Crippen LogP contribution in [0.1, 0.15) is 15.9 Å². The van der Waals surface area contributed by atoms with Crippen LogP contribution in [0.15, 0.2) is 46.9 Å². The average Bonchev–Trinajstić information content (AvgIpc) is 2.46. The molecule has 0 amide bonds. The summed E-state index contributed by atoms with van der Waals surface area (Å²) in [4.78, 5) is 13.0. The number of hydrogen-bond donors (Lipinski definition) is 1. The fourth-order valence-electron chi connectivity index (χ4n) is 1.95. The first-order valence-corrected chi connectivity index (χ1v) is 6.59. The molecule has 0 aliphatic carbocycles. The maximum Gasteiger partial charge on any atom is 0.337 e. The number of benzene rings is 2. The molecule has 0 fully saturated rings. The second kappa shape index (κ2) is 5.76. The number of halogens is 1. The second-order valence-corrected chi connectivity index (χ2v) is 5.07. The standard InChI is InChI=1S/C15H11BrN2O2/c1-18(13-5-3-2-4-10(13)9-17)14-8-11(16)6-7-12(14)15(19)20/h2-8H,1H3,(H,19,20). The number of carbonyl (C=O) groups is 1. The van der Waals surface area contributed by atoms with Gasteiger partial charge in [0.05, 0.1) is 22.5 Å². The van der Waals surface area contributed by atoms with Gasteiger partial charge in [-0.3, -0.25) is 0 Å². The van der Waals surface area contributed by atoms with Crippen LogP contribution >= 0.6 is 15.9 Å². The van der Waals surface area contributed by atoms with Gasteiger partial charge in [0.25, 0.3) is 0 Å². The van der Waals surface area contributed by atoms with Crippen LogP contribution in [0.25, 0.3) is 0 Å². The van der Waals surface area contributed by atoms with Crippen LogP contribution in [0.3, 0.4) is 0 Å². The minimum Gasteiger partial charge on any atom is -0.478 e. The number of carboxylic acid groups (broad SMARTS) is 1. The molecule has 2 aromatic rings. The van der Waals surface area contributed by atoms with Crippen LogP contribution in [0.4, 0.5) is 11.4 Å². The zero-order valence-electron chi connectivity index (χ0n) is 10.7. The van der Waals surface area contributed by atoms with E-state index >= 15 is 0 Å². The van der Waals surface area contributed by atoms with E-state index in [-0.39, 0.29) is 5.56 Å². The van der Waals surface area contributed by atoms with Crippen LogP contribution in [0, 0.1) is 11.3 Å². The van der Waals surface area contributed by atoms with Crippen LogP contribution in [-0.4, -0.2) is 18.1 Å². The largest absolute Gasteiger partial charge is 0.478 e. The number of anilines is 2. The molecule has 0 heterocycles. The van der Waals surface area contributed by atoms with E-state index < -0.39 is 5.97 Å². The molecule has 0 unspecified atom stereocenters. The Labute approximate surface area is 125 Å². The molecule has 20 heavy (non-hydrogen) atoms. The molecule has 0 spiro atoms. The van der Waals surface area contributed by atoms with Gasteiger partial charge < -0.3 is 10.0 Å². The molecular formula is C15H11BrN2O2. The second-order valence-electron chi connectivity index (χ2n) is 4.15. The van der Waals surface area contributed by atoms with Crippen molar-refractivity contribution in [3.05, 3.63) is 58.1 Å². The van der Waals surface area contributed by atoms with Crippen molar-refractivity contribution in [3.63, 3.8) is 0 Å². The van der Waals surface area contributed by atoms with Gasteiger partial charge in [-0.2, -0.15) is 5.26 Å². The molecule has 2 rings (SSSR count). The zero-order chi connectivity index (χ0) is 14.7. The van der Waals surface area contributed by atoms with Crippen molar-refractivity contribution in [3.8, 4) is 6.07 Å². The van der Waals surface area contributed by atoms with Gasteiger partial charge in [0.2, 0.25) is 0 Å². The van der Waals surface area contributed by atoms with Crippen LogP contribution in [-0.2, 0) is 0 Å². The van der Waals surface area contributed by atoms with E-state index in [9.17, 15) is 9.90 Å². The summed E-state index contributed by atoms with van der Waals surface area (Å²) in [6.07, 6.45) is 0. The van der Waals surface area contributed by atoms with E-state index in [2.05, 4.69) is 22.0 Å². The Morgan fingerprint density at radius 1 is 1.25 bits per heavy atom. The zero-order valence-corrected chi connectivity index (χ0v) is 12.3. The lowest BCUT2D eigenvalue weighted by molar-refractivity contribution is 0.0697. The monoisotopic (exact) mass is 330 g/mol. The topological polar surface area (TPSA) is 64.3 Å². The van der Waals surface area contributed by atoms with Crippen molar-refractivity contribution in [2.75, 3.05) is 11.9 Å². The third-order valence-corrected chi connectivity index (χ3v) is 3.43. The van der Waals surface area contributed by atoms with E-state index in [4.69, 9.17) is 5.26 Å². The number of hydrogen-bond acceptors (Lipinski definition) is 3. The molecule has 0 saturated heterocycles. The van der Waals surface area contributed by atoms with E-state index in [1.807, 2.05) is 6.07 Å². The number of rotatable bonds is 3. The maximum absolute atomic E-state index is 11.3. The van der Waals surface area contributed by atoms with Crippen molar-refractivity contribution >= 4 is 33.3 Å². The summed E-state index contributed by atoms with van der Waals surface area (Å²) in [5, 5.41) is 18.4. The summed E-state index contributed by atoms with van der Waals surface area (Å²) in [5.74, 6) is -1.01. The van der Waals surface area contributed by atoms with E-state index in [1.54, 1.807) is 42.3 Å². The molecule has 5 heteroatoms. The van der Waals surface area contributed by atoms with E-state index in [1.165, 1.54) is 6.07 Å². The van der Waals surface area contributed by atoms with Crippen molar-refractivity contribution < 1.29 is 9.90 Å². The highest BCUT2D eigenvalue weighted by Gasteiger charge is 2.16. The molecule has 0 aromatic heterocycles. The van der Waals surface area contributed by atoms with E-state index in [0.717, 1.165) is 4.47 Å². The lowest BCUT2D eigenvalue weighted by Crippen LogP contribution is -2.15. The molecule has 2 aromatic carbocycles. The lowest BCUT2D eigenvalue weighted by atomic mass is 10.1. The van der Waals surface area contributed by atoms with Gasteiger partial charge in [0.1, 0.15) is 6.07 Å². The molecule has 0 atom stereocenters. The minimum absolute atomic E-state index is 0.184. The Kier molecular flexibility index (Phi) is 4.06. The third kappa shape index (κ3) is 2.65. The molecule has 0 aliphatic heterocycles. The number of nitrogens with zero attached hydrogens (tertiary/aromatic N) is 2. The van der Waals surface area contributed by atoms with Crippen LogP contribution in [0.5, 0.6) is 0 Å². The van der Waals surface area contributed by atoms with Crippen molar-refractivity contribution in [2.24, 2.45) is 0 Å². The molecule has 4 nitrogen and oxygen atoms in total. The van der Waals surface area contributed by atoms with E-state index in [0.29, 0.717) is 16.9 Å². The minimum atomic E-state index is -1.01. The summed E-state index contributed by atoms with van der Waals surface area (Å²) in [7, 11) is 1.74. The molecule has 100 valence electrons. The molecule has 0 saturated carbocycles. The Balaban J connectivity index is 2.59. The average molecular weight is 331 g/mol. The summed E-state index contributed by atoms with van der Waals surface area (Å²) in [6, 6.07) is 14.1. The van der Waals surface area contributed by atoms with Crippen molar-refractivity contribution in [1.82, 2.24) is 0 Å². The molecule has 0 radical (unpaired) electrons. The van der Waals surface area contributed by atoms with Crippen molar-refractivity contribution in [1.29, 1.82) is 5.26 Å². The lowest BCUT2D eigenvalue weighted by Gasteiger charge is -2.22. The normalized spacial score (nSPS) is 9.85. The molecular weight excluding hydrogens is 320 g/mol. The SMILES string of the molecule is CN(c1ccccc1C#N)c1cc(Br)ccc1C(=O)O. The predicted molar refractivity (Wildman–Crippen MR) is 80.3 cm³/mol. The quantitative estimate of drug-likeness (QED) is 0.929. The first-order valence-electron chi connectivity index (χ1n) is 5.80. The predicted octanol–water partition coefficient (Wildman–Crippen LogP) is 3.79. The van der Waals surface area contributed by atoms with Crippen molar-refractivity contribution in [2.45, 2.75) is 0 Å². The number of carboxylic acids is 1. The first kappa shape index (κ1) is 14.1. The fourth-order valence-corrected chi connectivity index (χ4v) is 2.30. The first-order chi connectivity index (χ1) is 9.54. The third-order valence-electron chi connectivity index (χ3n) is 2.94. The summed E-state index contributed by atoms with van der Waals surface area (Å²) in [5.41, 5.74) is 1.86. The Morgan fingerprint density at radius 3 is 2.60 bits per heavy atom. The van der Waals surface area contributed by atoms with Crippen LogP contribution in [0.2, 0.25) is 0 Å². The number of nitriles is 1. The number of para-hydroxylation sites is 1. The Morgan fingerprint density at radius 2 is 1.95 bits per heavy atom.